The molecule has 2 N–H and O–H groups in total. The van der Waals surface area contributed by atoms with Crippen LogP contribution < -0.4 is 15.4 Å². The number of nitrogens with one attached hydrogen (secondary N) is 2. The zero-order valence-corrected chi connectivity index (χ0v) is 20.2. The van der Waals surface area contributed by atoms with Crippen LogP contribution in [0.3, 0.4) is 0 Å². The smallest absolute Gasteiger partial charge is 0.251 e. The molecule has 1 unspecified atom stereocenters. The molecule has 0 aliphatic rings. The normalized spacial score (nSPS) is 11.8. The first-order chi connectivity index (χ1) is 15.9. The third-order valence-corrected chi connectivity index (χ3v) is 6.13. The Labute approximate surface area is 198 Å². The number of anilines is 1. The molecule has 0 fully saturated rings. The van der Waals surface area contributed by atoms with Gasteiger partial charge in [0.1, 0.15) is 16.8 Å². The van der Waals surface area contributed by atoms with Gasteiger partial charge in [-0.25, -0.2) is 0 Å². The van der Waals surface area contributed by atoms with E-state index in [9.17, 15) is 9.59 Å². The monoisotopic (exact) mass is 466 g/mol. The fourth-order valence-corrected chi connectivity index (χ4v) is 4.04. The summed E-state index contributed by atoms with van der Waals surface area (Å²) in [6.07, 6.45) is 3.24. The molecular weight excluding hydrogens is 436 g/mol. The molecule has 1 aromatic heterocycles. The van der Waals surface area contributed by atoms with Gasteiger partial charge in [-0.3, -0.25) is 14.9 Å². The summed E-state index contributed by atoms with van der Waals surface area (Å²) in [5.41, 5.74) is 2.59. The Hall–Kier alpha value is -3.26. The van der Waals surface area contributed by atoms with Crippen molar-refractivity contribution in [2.75, 3.05) is 12.4 Å². The molecule has 7 nitrogen and oxygen atoms in total. The van der Waals surface area contributed by atoms with Gasteiger partial charge in [0.25, 0.3) is 5.91 Å². The second-order valence-electron chi connectivity index (χ2n) is 8.13. The Morgan fingerprint density at radius 2 is 1.85 bits per heavy atom. The minimum atomic E-state index is -0.707. The first kappa shape index (κ1) is 24.4. The molecule has 3 aromatic rings. The van der Waals surface area contributed by atoms with E-state index < -0.39 is 6.04 Å². The predicted molar refractivity (Wildman–Crippen MR) is 132 cm³/mol. The van der Waals surface area contributed by atoms with Crippen molar-refractivity contribution in [3.63, 3.8) is 0 Å². The molecule has 1 atom stereocenters. The second-order valence-corrected chi connectivity index (χ2v) is 9.11. The minimum Gasteiger partial charge on any atom is -0.497 e. The van der Waals surface area contributed by atoms with E-state index in [2.05, 4.69) is 27.8 Å². The van der Waals surface area contributed by atoms with E-state index in [1.807, 2.05) is 50.2 Å². The van der Waals surface area contributed by atoms with Gasteiger partial charge in [0.2, 0.25) is 11.0 Å². The third-order valence-electron chi connectivity index (χ3n) is 5.24. The summed E-state index contributed by atoms with van der Waals surface area (Å²) in [4.78, 5) is 25.7. The van der Waals surface area contributed by atoms with Crippen LogP contribution in [0.25, 0.3) is 10.6 Å². The standard InChI is InChI=1S/C25H30N4O3S/c1-5-6-8-17-11-13-18(14-12-17)22(30)26-21(16(2)3)23(31)27-25-29-28-24(33-25)19-9-7-10-20(15-19)32-4/h7,9-16,21H,5-6,8H2,1-4H3,(H,26,30)(H,27,29,31). The van der Waals surface area contributed by atoms with Crippen molar-refractivity contribution in [2.45, 2.75) is 46.1 Å². The summed E-state index contributed by atoms with van der Waals surface area (Å²) in [6.45, 7) is 5.93. The molecule has 0 radical (unpaired) electrons. The van der Waals surface area contributed by atoms with Gasteiger partial charge in [-0.05, 0) is 48.6 Å². The topological polar surface area (TPSA) is 93.2 Å². The number of rotatable bonds is 10. The molecule has 33 heavy (non-hydrogen) atoms. The number of aryl methyl sites for hydroxylation is 1. The lowest BCUT2D eigenvalue weighted by Gasteiger charge is -2.21. The van der Waals surface area contributed by atoms with Crippen molar-refractivity contribution in [3.05, 3.63) is 59.7 Å². The summed E-state index contributed by atoms with van der Waals surface area (Å²) < 4.78 is 5.25. The highest BCUT2D eigenvalue weighted by Crippen LogP contribution is 2.29. The first-order valence-electron chi connectivity index (χ1n) is 11.1. The maximum atomic E-state index is 12.9. The number of benzene rings is 2. The van der Waals surface area contributed by atoms with E-state index in [1.165, 1.54) is 16.9 Å². The zero-order chi connectivity index (χ0) is 23.8. The number of methoxy groups -OCH3 is 1. The summed E-state index contributed by atoms with van der Waals surface area (Å²) in [5, 5.41) is 14.9. The van der Waals surface area contributed by atoms with Gasteiger partial charge in [0.05, 0.1) is 7.11 Å². The van der Waals surface area contributed by atoms with Crippen molar-refractivity contribution < 1.29 is 14.3 Å². The van der Waals surface area contributed by atoms with E-state index in [0.717, 1.165) is 24.8 Å². The van der Waals surface area contributed by atoms with Crippen molar-refractivity contribution in [3.8, 4) is 16.3 Å². The predicted octanol–water partition coefficient (Wildman–Crippen LogP) is 4.95. The molecule has 8 heteroatoms. The minimum absolute atomic E-state index is 0.108. The number of carbonyl (C=O) groups excluding carboxylic acids is 2. The van der Waals surface area contributed by atoms with Crippen LogP contribution in [0.1, 0.15) is 49.5 Å². The molecule has 0 aliphatic heterocycles. The van der Waals surface area contributed by atoms with E-state index in [0.29, 0.717) is 21.5 Å². The average molecular weight is 467 g/mol. The van der Waals surface area contributed by atoms with Crippen LogP contribution >= 0.6 is 11.3 Å². The molecule has 0 aliphatic carbocycles. The van der Waals surface area contributed by atoms with E-state index in [4.69, 9.17) is 4.74 Å². The Morgan fingerprint density at radius 1 is 1.09 bits per heavy atom. The molecule has 0 bridgehead atoms. The van der Waals surface area contributed by atoms with Gasteiger partial charge in [-0.15, -0.1) is 10.2 Å². The van der Waals surface area contributed by atoms with Gasteiger partial charge in [0.15, 0.2) is 0 Å². The lowest BCUT2D eigenvalue weighted by atomic mass is 10.0. The zero-order valence-electron chi connectivity index (χ0n) is 19.4. The fraction of sp³-hybridized carbons (Fsp3) is 0.360. The summed E-state index contributed by atoms with van der Waals surface area (Å²) in [6, 6.07) is 14.3. The Morgan fingerprint density at radius 3 is 2.52 bits per heavy atom. The number of amides is 2. The number of hydrogen-bond acceptors (Lipinski definition) is 6. The maximum absolute atomic E-state index is 12.9. The van der Waals surface area contributed by atoms with Crippen molar-refractivity contribution >= 4 is 28.3 Å². The molecule has 0 spiro atoms. The third kappa shape index (κ3) is 6.61. The Kier molecular flexibility index (Phi) is 8.54. The Balaban J connectivity index is 1.65. The molecule has 1 heterocycles. The fourth-order valence-electron chi connectivity index (χ4n) is 3.29. The number of aromatic nitrogens is 2. The Bertz CT molecular complexity index is 1080. The van der Waals surface area contributed by atoms with Crippen LogP contribution in [0.2, 0.25) is 0 Å². The number of carbonyl (C=O) groups is 2. The van der Waals surface area contributed by atoms with Crippen LogP contribution in [0.5, 0.6) is 5.75 Å². The van der Waals surface area contributed by atoms with Crippen molar-refractivity contribution in [1.29, 1.82) is 0 Å². The van der Waals surface area contributed by atoms with Crippen molar-refractivity contribution in [2.24, 2.45) is 5.92 Å². The van der Waals surface area contributed by atoms with E-state index in [1.54, 1.807) is 19.2 Å². The van der Waals surface area contributed by atoms with Gasteiger partial charge in [-0.2, -0.15) is 0 Å². The lowest BCUT2D eigenvalue weighted by Crippen LogP contribution is -2.47. The first-order valence-corrected chi connectivity index (χ1v) is 11.9. The molecule has 0 saturated heterocycles. The summed E-state index contributed by atoms with van der Waals surface area (Å²) >= 11 is 1.26. The largest absolute Gasteiger partial charge is 0.497 e. The lowest BCUT2D eigenvalue weighted by molar-refractivity contribution is -0.118. The molecule has 174 valence electrons. The SMILES string of the molecule is CCCCc1ccc(C(=O)NC(C(=O)Nc2nnc(-c3cccc(OC)c3)s2)C(C)C)cc1. The van der Waals surface area contributed by atoms with E-state index in [-0.39, 0.29) is 17.7 Å². The highest BCUT2D eigenvalue weighted by Gasteiger charge is 2.26. The molecule has 3 rings (SSSR count). The summed E-state index contributed by atoms with van der Waals surface area (Å²) in [7, 11) is 1.60. The van der Waals surface area contributed by atoms with Crippen molar-refractivity contribution in [1.82, 2.24) is 15.5 Å². The van der Waals surface area contributed by atoms with Gasteiger partial charge < -0.3 is 10.1 Å². The van der Waals surface area contributed by atoms with Gasteiger partial charge in [-0.1, -0.05) is 62.8 Å². The number of hydrogen-bond donors (Lipinski definition) is 2. The van der Waals surface area contributed by atoms with Gasteiger partial charge in [0, 0.05) is 11.1 Å². The maximum Gasteiger partial charge on any atom is 0.251 e. The molecule has 2 amide bonds. The van der Waals surface area contributed by atoms with Gasteiger partial charge >= 0.3 is 0 Å². The number of unbranched alkanes of at least 4 members (excludes halogenated alkanes) is 1. The highest BCUT2D eigenvalue weighted by molar-refractivity contribution is 7.18. The van der Waals surface area contributed by atoms with E-state index >= 15 is 0 Å². The number of nitrogens with zero attached hydrogens (tertiary/aromatic N) is 2. The van der Waals surface area contributed by atoms with Crippen LogP contribution in [-0.2, 0) is 11.2 Å². The van der Waals surface area contributed by atoms with Crippen LogP contribution in [0.15, 0.2) is 48.5 Å². The van der Waals surface area contributed by atoms with Crippen LogP contribution in [0, 0.1) is 5.92 Å². The van der Waals surface area contributed by atoms with Crippen LogP contribution in [0.4, 0.5) is 5.13 Å². The average Bonchev–Trinajstić information content (AvgIpc) is 3.29. The molecule has 2 aromatic carbocycles. The second kappa shape index (κ2) is 11.6. The number of ether oxygens (including phenoxy) is 1. The molecule has 0 saturated carbocycles. The summed E-state index contributed by atoms with van der Waals surface area (Å²) in [5.74, 6) is 0.00398. The molecular formula is C25H30N4O3S. The quantitative estimate of drug-likeness (QED) is 0.441. The highest BCUT2D eigenvalue weighted by atomic mass is 32.1. The van der Waals surface area contributed by atoms with Crippen LogP contribution in [-0.4, -0.2) is 35.2 Å².